The Hall–Kier alpha value is -3.39. The molecule has 1 N–H and O–H groups in total. The minimum Gasteiger partial charge on any atom is -0.353 e. The highest BCUT2D eigenvalue weighted by atomic mass is 32.2. The number of nitrogens with zero attached hydrogens (tertiary/aromatic N) is 3. The van der Waals surface area contributed by atoms with Crippen LogP contribution in [0.4, 0.5) is 11.5 Å². The lowest BCUT2D eigenvalue weighted by Crippen LogP contribution is -2.49. The number of benzene rings is 2. The fourth-order valence-corrected chi connectivity index (χ4v) is 4.60. The van der Waals surface area contributed by atoms with E-state index in [2.05, 4.69) is 14.6 Å². The number of anilines is 2. The van der Waals surface area contributed by atoms with Gasteiger partial charge in [-0.05, 0) is 49.4 Å². The molecule has 8 heteroatoms. The van der Waals surface area contributed by atoms with E-state index >= 15 is 0 Å². The molecular formula is C23H24N4O3S. The molecule has 2 aromatic carbocycles. The molecule has 31 heavy (non-hydrogen) atoms. The Morgan fingerprint density at radius 2 is 1.68 bits per heavy atom. The molecule has 2 heterocycles. The van der Waals surface area contributed by atoms with Crippen LogP contribution in [0.2, 0.25) is 0 Å². The summed E-state index contributed by atoms with van der Waals surface area (Å²) in [6.07, 6.45) is 1.75. The molecule has 7 nitrogen and oxygen atoms in total. The third-order valence-electron chi connectivity index (χ3n) is 5.24. The predicted octanol–water partition coefficient (Wildman–Crippen LogP) is 3.15. The van der Waals surface area contributed by atoms with E-state index in [-0.39, 0.29) is 10.8 Å². The van der Waals surface area contributed by atoms with Crippen LogP contribution in [0.25, 0.3) is 0 Å². The van der Waals surface area contributed by atoms with Crippen LogP contribution in [0, 0.1) is 6.92 Å². The number of pyridine rings is 1. The Labute approximate surface area is 182 Å². The van der Waals surface area contributed by atoms with E-state index < -0.39 is 10.0 Å². The third-order valence-corrected chi connectivity index (χ3v) is 6.61. The molecule has 0 saturated carbocycles. The molecule has 0 radical (unpaired) electrons. The van der Waals surface area contributed by atoms with Crippen molar-refractivity contribution in [1.82, 2.24) is 9.88 Å². The number of aromatic nitrogens is 1. The second kappa shape index (κ2) is 8.77. The van der Waals surface area contributed by atoms with Crippen LogP contribution in [0.1, 0.15) is 15.9 Å². The van der Waals surface area contributed by atoms with Gasteiger partial charge < -0.3 is 9.80 Å². The molecule has 0 unspecified atom stereocenters. The minimum absolute atomic E-state index is 0.0612. The van der Waals surface area contributed by atoms with Crippen molar-refractivity contribution in [1.29, 1.82) is 0 Å². The molecule has 1 aliphatic rings. The first-order chi connectivity index (χ1) is 14.9. The first kappa shape index (κ1) is 20.9. The molecule has 160 valence electrons. The molecule has 0 atom stereocenters. The Kier molecular flexibility index (Phi) is 5.90. The van der Waals surface area contributed by atoms with Crippen molar-refractivity contribution >= 4 is 27.4 Å². The molecule has 1 aliphatic heterocycles. The zero-order valence-electron chi connectivity index (χ0n) is 17.2. The molecular weight excluding hydrogens is 412 g/mol. The zero-order chi connectivity index (χ0) is 21.8. The maximum Gasteiger partial charge on any atom is 0.261 e. The quantitative estimate of drug-likeness (QED) is 0.664. The average Bonchev–Trinajstić information content (AvgIpc) is 2.81. The number of amides is 1. The molecule has 3 aromatic rings. The summed E-state index contributed by atoms with van der Waals surface area (Å²) < 4.78 is 28.1. The van der Waals surface area contributed by atoms with Crippen molar-refractivity contribution in [2.24, 2.45) is 0 Å². The average molecular weight is 437 g/mol. The summed E-state index contributed by atoms with van der Waals surface area (Å²) in [5.41, 5.74) is 1.88. The van der Waals surface area contributed by atoms with Gasteiger partial charge in [0.2, 0.25) is 0 Å². The van der Waals surface area contributed by atoms with Crippen LogP contribution >= 0.6 is 0 Å². The fraction of sp³-hybridized carbons (Fsp3) is 0.217. The largest absolute Gasteiger partial charge is 0.353 e. The summed E-state index contributed by atoms with van der Waals surface area (Å²) in [5.74, 6) is 0.720. The van der Waals surface area contributed by atoms with Crippen molar-refractivity contribution in [3.05, 3.63) is 84.1 Å². The summed E-state index contributed by atoms with van der Waals surface area (Å²) in [7, 11) is -3.79. The van der Waals surface area contributed by atoms with Gasteiger partial charge in [-0.25, -0.2) is 13.4 Å². The van der Waals surface area contributed by atoms with Crippen LogP contribution in [-0.2, 0) is 10.0 Å². The van der Waals surface area contributed by atoms with E-state index in [9.17, 15) is 13.2 Å². The van der Waals surface area contributed by atoms with Crippen molar-refractivity contribution in [2.75, 3.05) is 35.8 Å². The van der Waals surface area contributed by atoms with E-state index in [0.717, 1.165) is 11.4 Å². The van der Waals surface area contributed by atoms with Crippen molar-refractivity contribution < 1.29 is 13.2 Å². The molecule has 4 rings (SSSR count). The van der Waals surface area contributed by atoms with Crippen LogP contribution in [0.3, 0.4) is 0 Å². The Balaban J connectivity index is 1.45. The summed E-state index contributed by atoms with van der Waals surface area (Å²) in [6, 6.07) is 19.0. The number of hydrogen-bond donors (Lipinski definition) is 1. The van der Waals surface area contributed by atoms with E-state index in [0.29, 0.717) is 37.4 Å². The maximum atomic E-state index is 13.0. The van der Waals surface area contributed by atoms with Gasteiger partial charge in [-0.3, -0.25) is 9.52 Å². The Bertz CT molecular complexity index is 1160. The van der Waals surface area contributed by atoms with Gasteiger partial charge >= 0.3 is 0 Å². The maximum absolute atomic E-state index is 13.0. The molecule has 1 amide bonds. The lowest BCUT2D eigenvalue weighted by molar-refractivity contribution is 0.0746. The Morgan fingerprint density at radius 3 is 2.35 bits per heavy atom. The number of nitrogens with one attached hydrogen (secondary N) is 1. The van der Waals surface area contributed by atoms with Crippen LogP contribution < -0.4 is 9.62 Å². The van der Waals surface area contributed by atoms with Crippen LogP contribution in [0.15, 0.2) is 77.8 Å². The van der Waals surface area contributed by atoms with Gasteiger partial charge in [0.15, 0.2) is 0 Å². The number of sulfonamides is 1. The van der Waals surface area contributed by atoms with Gasteiger partial charge in [0.1, 0.15) is 5.82 Å². The number of rotatable bonds is 5. The Morgan fingerprint density at radius 1 is 0.935 bits per heavy atom. The molecule has 0 bridgehead atoms. The molecule has 1 saturated heterocycles. The van der Waals surface area contributed by atoms with Crippen LogP contribution in [0.5, 0.6) is 0 Å². The van der Waals surface area contributed by atoms with Crippen molar-refractivity contribution in [3.63, 3.8) is 0 Å². The van der Waals surface area contributed by atoms with Gasteiger partial charge in [0.05, 0.1) is 4.90 Å². The monoisotopic (exact) mass is 436 g/mol. The van der Waals surface area contributed by atoms with Gasteiger partial charge in [0, 0.05) is 43.6 Å². The van der Waals surface area contributed by atoms with E-state index in [1.807, 2.05) is 37.3 Å². The number of carbonyl (C=O) groups is 1. The second-order valence-electron chi connectivity index (χ2n) is 7.47. The van der Waals surface area contributed by atoms with E-state index in [4.69, 9.17) is 0 Å². The lowest BCUT2D eigenvalue weighted by Gasteiger charge is -2.35. The number of piperazine rings is 1. The van der Waals surface area contributed by atoms with Crippen molar-refractivity contribution in [2.45, 2.75) is 11.8 Å². The minimum atomic E-state index is -3.79. The summed E-state index contributed by atoms with van der Waals surface area (Å²) >= 11 is 0. The molecule has 1 fully saturated rings. The van der Waals surface area contributed by atoms with Crippen LogP contribution in [-0.4, -0.2) is 50.4 Å². The summed E-state index contributed by atoms with van der Waals surface area (Å²) in [5, 5.41) is 0. The smallest absolute Gasteiger partial charge is 0.261 e. The highest BCUT2D eigenvalue weighted by Crippen LogP contribution is 2.20. The normalized spacial score (nSPS) is 14.4. The first-order valence-electron chi connectivity index (χ1n) is 10.1. The predicted molar refractivity (Wildman–Crippen MR) is 121 cm³/mol. The molecule has 0 aliphatic carbocycles. The van der Waals surface area contributed by atoms with Crippen molar-refractivity contribution in [3.8, 4) is 0 Å². The van der Waals surface area contributed by atoms with E-state index in [1.54, 1.807) is 35.4 Å². The standard InChI is InChI=1S/C23H24N4O3S/c1-18-8-10-20(11-9-18)25-31(29,30)21-6-4-5-19(17-21)23(28)27-15-13-26(14-16-27)22-7-2-3-12-24-22/h2-12,17,25H,13-16H2,1H3. The van der Waals surface area contributed by atoms with Gasteiger partial charge in [-0.2, -0.15) is 0 Å². The summed E-state index contributed by atoms with van der Waals surface area (Å²) in [6.45, 7) is 4.39. The van der Waals surface area contributed by atoms with Gasteiger partial charge in [0.25, 0.3) is 15.9 Å². The van der Waals surface area contributed by atoms with Gasteiger partial charge in [-0.1, -0.05) is 29.8 Å². The lowest BCUT2D eigenvalue weighted by atomic mass is 10.2. The SMILES string of the molecule is Cc1ccc(NS(=O)(=O)c2cccc(C(=O)N3CCN(c4ccccn4)CC3)c2)cc1. The highest BCUT2D eigenvalue weighted by Gasteiger charge is 2.24. The van der Waals surface area contributed by atoms with E-state index in [1.165, 1.54) is 12.1 Å². The number of carbonyl (C=O) groups excluding carboxylic acids is 1. The fourth-order valence-electron chi connectivity index (χ4n) is 3.49. The third kappa shape index (κ3) is 4.86. The molecule has 0 spiro atoms. The topological polar surface area (TPSA) is 82.6 Å². The first-order valence-corrected chi connectivity index (χ1v) is 11.6. The summed E-state index contributed by atoms with van der Waals surface area (Å²) in [4.78, 5) is 21.3. The second-order valence-corrected chi connectivity index (χ2v) is 9.15. The molecule has 1 aromatic heterocycles. The number of aryl methyl sites for hydroxylation is 1. The zero-order valence-corrected chi connectivity index (χ0v) is 18.0. The van der Waals surface area contributed by atoms with Gasteiger partial charge in [-0.15, -0.1) is 0 Å². The number of hydrogen-bond acceptors (Lipinski definition) is 5. The highest BCUT2D eigenvalue weighted by molar-refractivity contribution is 7.92.